The summed E-state index contributed by atoms with van der Waals surface area (Å²) in [4.78, 5) is 0. The first kappa shape index (κ1) is 11.0. The molecule has 0 aliphatic rings. The zero-order valence-corrected chi connectivity index (χ0v) is 8.28. The molecule has 2 N–H and O–H groups in total. The lowest BCUT2D eigenvalue weighted by Gasteiger charge is -2.41. The van der Waals surface area contributed by atoms with E-state index in [0.717, 1.165) is 19.3 Å². The molecular weight excluding hydrogens is 133 g/mol. The van der Waals surface area contributed by atoms with Crippen LogP contribution in [0, 0.1) is 0 Å². The number of hydrogen-bond acceptors (Lipinski definition) is 1. The molecule has 0 rings (SSSR count). The van der Waals surface area contributed by atoms with Crippen LogP contribution < -0.4 is 5.73 Å². The van der Waals surface area contributed by atoms with Crippen LogP contribution in [0.15, 0.2) is 0 Å². The van der Waals surface area contributed by atoms with E-state index < -0.39 is 0 Å². The monoisotopic (exact) mass is 153 g/mol. The number of nitrogens with two attached hydrogens (primary N) is 1. The van der Waals surface area contributed by atoms with E-state index in [1.165, 1.54) is 0 Å². The second kappa shape index (κ2) is 3.62. The van der Waals surface area contributed by atoms with Gasteiger partial charge < -0.3 is 5.73 Å². The average molecular weight is 153 g/mol. The standard InChI is InChI=1S/C9H20BN/c1-5-7-9(11,6-2)8(3,4)10/h5-7,11H2,1-4H3. The van der Waals surface area contributed by atoms with E-state index in [2.05, 4.69) is 13.8 Å². The molecule has 0 saturated carbocycles. The van der Waals surface area contributed by atoms with E-state index in [-0.39, 0.29) is 10.9 Å². The molecule has 1 unspecified atom stereocenters. The van der Waals surface area contributed by atoms with E-state index in [4.69, 9.17) is 13.6 Å². The smallest absolute Gasteiger partial charge is 0.0763 e. The van der Waals surface area contributed by atoms with Crippen molar-refractivity contribution in [3.8, 4) is 0 Å². The zero-order chi connectivity index (χ0) is 9.12. The molecule has 1 atom stereocenters. The Kier molecular flexibility index (Phi) is 3.63. The first-order valence-corrected chi connectivity index (χ1v) is 4.45. The minimum Gasteiger partial charge on any atom is -0.325 e. The Hall–Kier alpha value is 0.0249. The van der Waals surface area contributed by atoms with E-state index in [1.807, 2.05) is 13.8 Å². The number of rotatable bonds is 4. The molecule has 0 aromatic heterocycles. The summed E-state index contributed by atoms with van der Waals surface area (Å²) >= 11 is 0. The summed E-state index contributed by atoms with van der Waals surface area (Å²) in [7, 11) is 5.99. The first-order valence-electron chi connectivity index (χ1n) is 4.45. The molecule has 0 aromatic rings. The van der Waals surface area contributed by atoms with Crippen LogP contribution in [0.25, 0.3) is 0 Å². The predicted octanol–water partition coefficient (Wildman–Crippen LogP) is 2.26. The van der Waals surface area contributed by atoms with Crippen molar-refractivity contribution < 1.29 is 0 Å². The molecule has 2 radical (unpaired) electrons. The third-order valence-electron chi connectivity index (χ3n) is 2.61. The van der Waals surface area contributed by atoms with Crippen LogP contribution in [-0.2, 0) is 0 Å². The molecule has 0 saturated heterocycles. The summed E-state index contributed by atoms with van der Waals surface area (Å²) in [5.41, 5.74) is 5.97. The number of hydrogen-bond donors (Lipinski definition) is 1. The fourth-order valence-corrected chi connectivity index (χ4v) is 1.40. The summed E-state index contributed by atoms with van der Waals surface area (Å²) in [6, 6.07) is 0. The summed E-state index contributed by atoms with van der Waals surface area (Å²) in [6.07, 6.45) is 3.06. The quantitative estimate of drug-likeness (QED) is 0.616. The van der Waals surface area contributed by atoms with Gasteiger partial charge in [0.25, 0.3) is 0 Å². The van der Waals surface area contributed by atoms with Gasteiger partial charge in [-0.25, -0.2) is 0 Å². The lowest BCUT2D eigenvalue weighted by molar-refractivity contribution is 0.291. The van der Waals surface area contributed by atoms with Gasteiger partial charge in [-0.15, -0.1) is 0 Å². The Morgan fingerprint density at radius 3 is 1.82 bits per heavy atom. The van der Waals surface area contributed by atoms with Gasteiger partial charge in [0.2, 0.25) is 0 Å². The van der Waals surface area contributed by atoms with E-state index in [1.54, 1.807) is 0 Å². The molecule has 2 heteroatoms. The maximum absolute atomic E-state index is 6.16. The lowest BCUT2D eigenvalue weighted by Crippen LogP contribution is -2.48. The van der Waals surface area contributed by atoms with Crippen LogP contribution in [0.3, 0.4) is 0 Å². The van der Waals surface area contributed by atoms with Gasteiger partial charge in [0.15, 0.2) is 0 Å². The summed E-state index contributed by atoms with van der Waals surface area (Å²) < 4.78 is 0. The van der Waals surface area contributed by atoms with Crippen LogP contribution >= 0.6 is 0 Å². The Morgan fingerprint density at radius 1 is 1.27 bits per heavy atom. The van der Waals surface area contributed by atoms with Crippen LogP contribution in [0.5, 0.6) is 0 Å². The molecule has 64 valence electrons. The van der Waals surface area contributed by atoms with Crippen LogP contribution in [0.4, 0.5) is 0 Å². The van der Waals surface area contributed by atoms with Gasteiger partial charge in [-0.1, -0.05) is 39.4 Å². The third-order valence-corrected chi connectivity index (χ3v) is 2.61. The Balaban J connectivity index is 4.33. The molecule has 1 nitrogen and oxygen atoms in total. The van der Waals surface area contributed by atoms with Gasteiger partial charge in [0.05, 0.1) is 7.85 Å². The summed E-state index contributed by atoms with van der Waals surface area (Å²) in [6.45, 7) is 8.26. The molecule has 0 bridgehead atoms. The van der Waals surface area contributed by atoms with Crippen molar-refractivity contribution in [2.75, 3.05) is 0 Å². The van der Waals surface area contributed by atoms with Gasteiger partial charge in [0, 0.05) is 5.54 Å². The Morgan fingerprint density at radius 2 is 1.73 bits per heavy atom. The topological polar surface area (TPSA) is 26.0 Å². The molecular formula is C9H20BN. The molecule has 0 aliphatic carbocycles. The van der Waals surface area contributed by atoms with Gasteiger partial charge in [-0.05, 0) is 12.8 Å². The van der Waals surface area contributed by atoms with Crippen molar-refractivity contribution in [1.82, 2.24) is 0 Å². The molecule has 0 spiro atoms. The second-order valence-corrected chi connectivity index (χ2v) is 3.98. The normalized spacial score (nSPS) is 17.9. The SMILES string of the molecule is [B]C(C)(C)C(N)(CC)CCC. The highest BCUT2D eigenvalue weighted by atomic mass is 14.8. The summed E-state index contributed by atoms with van der Waals surface area (Å²) in [5, 5.41) is -0.266. The molecule has 0 fully saturated rings. The van der Waals surface area contributed by atoms with Crippen LogP contribution in [0.2, 0.25) is 5.31 Å². The molecule has 11 heavy (non-hydrogen) atoms. The van der Waals surface area contributed by atoms with Crippen molar-refractivity contribution in [3.05, 3.63) is 0 Å². The second-order valence-electron chi connectivity index (χ2n) is 3.98. The van der Waals surface area contributed by atoms with Gasteiger partial charge in [-0.3, -0.25) is 0 Å². The fourth-order valence-electron chi connectivity index (χ4n) is 1.40. The highest BCUT2D eigenvalue weighted by molar-refractivity contribution is 6.15. The molecule has 0 aliphatic heterocycles. The van der Waals surface area contributed by atoms with Crippen LogP contribution in [-0.4, -0.2) is 13.4 Å². The Labute approximate surface area is 72.2 Å². The average Bonchev–Trinajstić information content (AvgIpc) is 1.86. The van der Waals surface area contributed by atoms with Crippen molar-refractivity contribution in [2.45, 2.75) is 57.8 Å². The minimum absolute atomic E-state index is 0.193. The largest absolute Gasteiger partial charge is 0.325 e. The molecule has 0 amide bonds. The Bertz CT molecular complexity index is 117. The third kappa shape index (κ3) is 2.51. The molecule has 0 aromatic carbocycles. The van der Waals surface area contributed by atoms with E-state index >= 15 is 0 Å². The maximum Gasteiger partial charge on any atom is 0.0763 e. The lowest BCUT2D eigenvalue weighted by atomic mass is 9.57. The van der Waals surface area contributed by atoms with E-state index in [9.17, 15) is 0 Å². The van der Waals surface area contributed by atoms with Crippen LogP contribution in [0.1, 0.15) is 47.0 Å². The molecule has 0 heterocycles. The van der Waals surface area contributed by atoms with Crippen molar-refractivity contribution >= 4 is 7.85 Å². The highest BCUT2D eigenvalue weighted by Gasteiger charge is 2.34. The maximum atomic E-state index is 6.16. The first-order chi connectivity index (χ1) is 4.87. The van der Waals surface area contributed by atoms with Gasteiger partial charge in [0.1, 0.15) is 0 Å². The highest BCUT2D eigenvalue weighted by Crippen LogP contribution is 2.38. The van der Waals surface area contributed by atoms with Gasteiger partial charge in [-0.2, -0.15) is 0 Å². The van der Waals surface area contributed by atoms with E-state index in [0.29, 0.717) is 0 Å². The fraction of sp³-hybridized carbons (Fsp3) is 1.00. The van der Waals surface area contributed by atoms with Crippen molar-refractivity contribution in [3.63, 3.8) is 0 Å². The zero-order valence-electron chi connectivity index (χ0n) is 8.28. The summed E-state index contributed by atoms with van der Waals surface area (Å²) in [5.74, 6) is 0. The minimum atomic E-state index is -0.266. The predicted molar refractivity (Wildman–Crippen MR) is 51.9 cm³/mol. The van der Waals surface area contributed by atoms with Crippen molar-refractivity contribution in [1.29, 1.82) is 0 Å². The van der Waals surface area contributed by atoms with Gasteiger partial charge >= 0.3 is 0 Å². The van der Waals surface area contributed by atoms with Crippen molar-refractivity contribution in [2.24, 2.45) is 5.73 Å².